The fourth-order valence-electron chi connectivity index (χ4n) is 5.37. The highest BCUT2D eigenvalue weighted by Gasteiger charge is 2.48. The zero-order valence-corrected chi connectivity index (χ0v) is 24.5. The molecule has 5 rings (SSSR count). The molecule has 2 saturated heterocycles. The van der Waals surface area contributed by atoms with Gasteiger partial charge in [-0.25, -0.2) is 0 Å². The minimum atomic E-state index is -1.80. The van der Waals surface area contributed by atoms with E-state index in [1.807, 2.05) is 0 Å². The van der Waals surface area contributed by atoms with E-state index in [4.69, 9.17) is 28.4 Å². The molecule has 11 N–H and O–H groups in total. The average Bonchev–Trinajstić information content (AvgIpc) is 3.05. The van der Waals surface area contributed by atoms with Crippen molar-refractivity contribution in [2.75, 3.05) is 27.4 Å². The van der Waals surface area contributed by atoms with Gasteiger partial charge in [0.15, 0.2) is 17.3 Å². The average molecular weight is 658 g/mol. The summed E-state index contributed by atoms with van der Waals surface area (Å²) < 4.78 is 38.1. The predicted octanol–water partition coefficient (Wildman–Crippen LogP) is -2.55. The summed E-state index contributed by atoms with van der Waals surface area (Å²) >= 11 is 0. The molecular weight excluding hydrogens is 620 g/mol. The zero-order valence-electron chi connectivity index (χ0n) is 24.5. The number of aliphatic hydroxyl groups excluding tert-OH is 8. The topological polar surface area (TPSA) is 270 Å². The number of aromatic hydroxyl groups is 3. The quantitative estimate of drug-likeness (QED) is 0.124. The third-order valence-corrected chi connectivity index (χ3v) is 7.94. The van der Waals surface area contributed by atoms with E-state index in [-0.39, 0.29) is 45.8 Å². The summed E-state index contributed by atoms with van der Waals surface area (Å²) in [4.78, 5) is 0. The molecule has 2 aromatic carbocycles. The van der Waals surface area contributed by atoms with Crippen LogP contribution in [0.3, 0.4) is 0 Å². The molecule has 2 fully saturated rings. The number of fused-ring (bicyclic) bond motifs is 1. The van der Waals surface area contributed by atoms with Crippen molar-refractivity contribution < 1.29 is 84.2 Å². The Kier molecular flexibility index (Phi) is 9.99. The van der Waals surface area contributed by atoms with Crippen molar-refractivity contribution in [2.24, 2.45) is 0 Å². The minimum Gasteiger partial charge on any atom is -0.571 e. The van der Waals surface area contributed by atoms with E-state index in [0.717, 1.165) is 6.07 Å². The molecule has 254 valence electrons. The lowest BCUT2D eigenvalue weighted by molar-refractivity contribution is -0.295. The molecule has 3 aliphatic heterocycles. The second-order valence-electron chi connectivity index (χ2n) is 10.9. The van der Waals surface area contributed by atoms with Gasteiger partial charge in [0.25, 0.3) is 11.9 Å². The molecule has 46 heavy (non-hydrogen) atoms. The Morgan fingerprint density at radius 1 is 0.674 bits per heavy atom. The number of rotatable bonds is 9. The molecule has 0 saturated carbocycles. The Bertz CT molecular complexity index is 1390. The Morgan fingerprint density at radius 3 is 1.70 bits per heavy atom. The van der Waals surface area contributed by atoms with Crippen LogP contribution in [0.5, 0.6) is 34.5 Å². The molecule has 0 radical (unpaired) electrons. The van der Waals surface area contributed by atoms with Crippen molar-refractivity contribution >= 4 is 6.08 Å². The number of phenols is 2. The van der Waals surface area contributed by atoms with E-state index in [9.17, 15) is 51.1 Å². The van der Waals surface area contributed by atoms with Crippen LogP contribution in [0.15, 0.2) is 30.0 Å². The van der Waals surface area contributed by atoms with Gasteiger partial charge in [-0.15, -0.1) is 0 Å². The monoisotopic (exact) mass is 657 g/mol. The van der Waals surface area contributed by atoms with Crippen molar-refractivity contribution in [3.05, 3.63) is 41.2 Å². The van der Waals surface area contributed by atoms with Gasteiger partial charge in [0.2, 0.25) is 18.3 Å². The summed E-state index contributed by atoms with van der Waals surface area (Å²) in [6.07, 6.45) is -16.0. The molecule has 0 aromatic heterocycles. The van der Waals surface area contributed by atoms with E-state index in [1.54, 1.807) is 0 Å². The van der Waals surface area contributed by atoms with Gasteiger partial charge < -0.3 is 84.2 Å². The third-order valence-electron chi connectivity index (χ3n) is 7.94. The van der Waals surface area contributed by atoms with Crippen LogP contribution in [0.4, 0.5) is 0 Å². The van der Waals surface area contributed by atoms with E-state index >= 15 is 0 Å². The highest BCUT2D eigenvalue weighted by molar-refractivity contribution is 5.70. The zero-order chi connectivity index (χ0) is 33.4. The maximum Gasteiger partial charge on any atom is 0.270 e. The molecule has 0 amide bonds. The Balaban J connectivity index is 1.59. The Morgan fingerprint density at radius 2 is 1.20 bits per heavy atom. The van der Waals surface area contributed by atoms with Crippen LogP contribution in [0, 0.1) is 0 Å². The summed E-state index contributed by atoms with van der Waals surface area (Å²) in [5, 5.41) is 102. The molecule has 0 aliphatic carbocycles. The van der Waals surface area contributed by atoms with Gasteiger partial charge in [-0.1, -0.05) is 0 Å². The van der Waals surface area contributed by atoms with Crippen LogP contribution in [-0.2, 0) is 14.2 Å². The molecule has 1 unspecified atom stereocenters. The maximum absolute atomic E-state index is 10.7. The fraction of sp³-hybridized carbons (Fsp3) is 0.517. The summed E-state index contributed by atoms with van der Waals surface area (Å²) in [5.74, 6) is -0.758. The largest absolute Gasteiger partial charge is 0.571 e. The molecule has 2 aromatic rings. The minimum absolute atomic E-state index is 0.00471. The van der Waals surface area contributed by atoms with Crippen molar-refractivity contribution in [1.82, 2.24) is 0 Å². The fourth-order valence-corrected chi connectivity index (χ4v) is 5.37. The number of aliphatic hydroxyl groups is 9. The number of hydrogen-bond donors (Lipinski definition) is 10. The van der Waals surface area contributed by atoms with E-state index < -0.39 is 80.7 Å². The number of methoxy groups -OCH3 is 2. The Labute approximate surface area is 261 Å². The molecular formula is C29H37O17+. The van der Waals surface area contributed by atoms with Crippen molar-refractivity contribution in [2.45, 2.75) is 67.5 Å². The van der Waals surface area contributed by atoms with E-state index in [1.165, 1.54) is 38.5 Å². The van der Waals surface area contributed by atoms with E-state index in [2.05, 4.69) is 4.74 Å². The van der Waals surface area contributed by atoms with Crippen LogP contribution in [0.25, 0.3) is 6.08 Å². The van der Waals surface area contributed by atoms with Crippen LogP contribution in [0.2, 0.25) is 0 Å². The van der Waals surface area contributed by atoms with Crippen molar-refractivity contribution in [1.29, 1.82) is 0 Å². The van der Waals surface area contributed by atoms with Gasteiger partial charge in [-0.05, 0) is 12.1 Å². The van der Waals surface area contributed by atoms with Crippen molar-refractivity contribution in [3.63, 3.8) is 0 Å². The maximum atomic E-state index is 10.7. The number of benzene rings is 2. The molecule has 0 bridgehead atoms. The van der Waals surface area contributed by atoms with Gasteiger partial charge >= 0.3 is 0 Å². The first-order valence-corrected chi connectivity index (χ1v) is 14.1. The Hall–Kier alpha value is -3.62. The first kappa shape index (κ1) is 33.7. The van der Waals surface area contributed by atoms with Crippen LogP contribution in [-0.4, -0.2) is 145 Å². The standard InChI is InChI=1S/C29H36O17/c1-40-15-3-10(4-16(41-2)20(15)33)27-17(44-29-26(39)24(37)22(35)19(9-31)46-29)7-12-13(42-27)5-11(32)6-14(12)43-28-25(38)23(36)21(34)18(8-30)45-28/h3-7,18-19,21-39H,8-9H2,1-2H3/p+1/t18-,19-,21+,22+,23+,24+,25-,26+,27?,28+,29-/m0/s1. The molecule has 0 spiro atoms. The van der Waals surface area contributed by atoms with Gasteiger partial charge in [-0.3, -0.25) is 0 Å². The summed E-state index contributed by atoms with van der Waals surface area (Å²) in [7, 11) is 2.63. The summed E-state index contributed by atoms with van der Waals surface area (Å²) in [6.45, 7) is -1.43. The van der Waals surface area contributed by atoms with Gasteiger partial charge in [0.1, 0.15) is 65.9 Å². The normalized spacial score (nSPS) is 34.1. The lowest BCUT2D eigenvalue weighted by Gasteiger charge is -2.40. The number of hydrogen-bond acceptors (Lipinski definition) is 16. The molecule has 17 nitrogen and oxygen atoms in total. The first-order valence-electron chi connectivity index (χ1n) is 14.1. The van der Waals surface area contributed by atoms with Gasteiger partial charge in [0.05, 0.1) is 39.1 Å². The second kappa shape index (κ2) is 13.6. The predicted molar refractivity (Wildman–Crippen MR) is 151 cm³/mol. The highest BCUT2D eigenvalue weighted by atomic mass is 16.7. The third kappa shape index (κ3) is 6.21. The lowest BCUT2D eigenvalue weighted by atomic mass is 9.98. The van der Waals surface area contributed by atoms with Crippen LogP contribution >= 0.6 is 0 Å². The molecule has 11 atom stereocenters. The molecule has 17 heteroatoms. The van der Waals surface area contributed by atoms with Crippen molar-refractivity contribution in [3.8, 4) is 34.5 Å². The lowest BCUT2D eigenvalue weighted by Crippen LogP contribution is -2.60. The second-order valence-corrected chi connectivity index (χ2v) is 10.9. The first-order chi connectivity index (χ1) is 21.9. The summed E-state index contributed by atoms with van der Waals surface area (Å²) in [5.41, 5.74) is 0.441. The van der Waals surface area contributed by atoms with Gasteiger partial charge in [-0.2, -0.15) is 0 Å². The smallest absolute Gasteiger partial charge is 0.270 e. The van der Waals surface area contributed by atoms with Gasteiger partial charge in [0, 0.05) is 12.1 Å². The van der Waals surface area contributed by atoms with E-state index in [0.29, 0.717) is 5.56 Å². The SMILES string of the molecule is COc1cc(C2[OH+]c3cc(O)cc(O[C@@H]4O[C@@H](CO)[C@@H](O)[C@@H](O)[C@@H]4O)c3C=C2O[C@H]2O[C@@H](CO)[C@@H](O)[C@@H](O)[C@H]2O)cc(OC)c1O. The number of phenolic OH excluding ortho intramolecular Hbond substituents is 2. The molecule has 3 heterocycles. The highest BCUT2D eigenvalue weighted by Crippen LogP contribution is 2.48. The van der Waals surface area contributed by atoms with Crippen LogP contribution in [0.1, 0.15) is 17.2 Å². The molecule has 3 aliphatic rings. The number of ether oxygens (including phenoxy) is 7. The van der Waals surface area contributed by atoms with Crippen LogP contribution < -0.4 is 14.2 Å². The summed E-state index contributed by atoms with van der Waals surface area (Å²) in [6, 6.07) is 5.27.